The Hall–Kier alpha value is -0.900. The average Bonchev–Trinajstić information content (AvgIpc) is 2.56. The molecular weight excluding hydrogens is 260 g/mol. The molecule has 1 fully saturated rings. The molecule has 1 aromatic rings. The van der Waals surface area contributed by atoms with E-state index < -0.39 is 0 Å². The molecule has 0 amide bonds. The average molecular weight is 290 g/mol. The first-order chi connectivity index (χ1) is 10.3. The molecular formula is C18H30N2O. The van der Waals surface area contributed by atoms with Gasteiger partial charge in [0.15, 0.2) is 0 Å². The molecule has 2 atom stereocenters. The third-order valence-corrected chi connectivity index (χ3v) is 4.73. The molecule has 0 bridgehead atoms. The summed E-state index contributed by atoms with van der Waals surface area (Å²) in [5.74, 6) is 6.50. The van der Waals surface area contributed by atoms with E-state index in [-0.39, 0.29) is 12.1 Å². The number of hydrazine groups is 1. The zero-order valence-corrected chi connectivity index (χ0v) is 13.5. The molecule has 2 rings (SSSR count). The zero-order valence-electron chi connectivity index (χ0n) is 13.5. The van der Waals surface area contributed by atoms with Crippen LogP contribution >= 0.6 is 0 Å². The van der Waals surface area contributed by atoms with E-state index in [1.54, 1.807) is 0 Å². The standard InChI is InChI=1S/C18H30N2O/c1-3-14-10-12-15(13-11-14)17(20-19)18(21-4-2)16-8-6-5-7-9-16/h10-13,16-18,20H,3-9,19H2,1-2H3. The first kappa shape index (κ1) is 16.5. The fourth-order valence-electron chi connectivity index (χ4n) is 3.50. The van der Waals surface area contributed by atoms with Crippen molar-refractivity contribution in [2.45, 2.75) is 64.5 Å². The van der Waals surface area contributed by atoms with Crippen molar-refractivity contribution in [3.05, 3.63) is 35.4 Å². The molecule has 0 aliphatic heterocycles. The van der Waals surface area contributed by atoms with Crippen LogP contribution in [0.5, 0.6) is 0 Å². The van der Waals surface area contributed by atoms with E-state index in [4.69, 9.17) is 10.6 Å². The Morgan fingerprint density at radius 1 is 1.14 bits per heavy atom. The molecule has 1 aliphatic carbocycles. The summed E-state index contributed by atoms with van der Waals surface area (Å²) in [5, 5.41) is 0. The van der Waals surface area contributed by atoms with Crippen LogP contribution in [0.1, 0.15) is 63.1 Å². The first-order valence-electron chi connectivity index (χ1n) is 8.46. The summed E-state index contributed by atoms with van der Waals surface area (Å²) in [5.41, 5.74) is 5.61. The Morgan fingerprint density at radius 2 is 1.81 bits per heavy atom. The van der Waals surface area contributed by atoms with Crippen molar-refractivity contribution in [2.24, 2.45) is 11.8 Å². The monoisotopic (exact) mass is 290 g/mol. The number of benzene rings is 1. The molecule has 0 saturated heterocycles. The predicted molar refractivity (Wildman–Crippen MR) is 87.9 cm³/mol. The van der Waals surface area contributed by atoms with Crippen molar-refractivity contribution >= 4 is 0 Å². The molecule has 118 valence electrons. The molecule has 0 heterocycles. The fraction of sp³-hybridized carbons (Fsp3) is 0.667. The molecule has 1 aliphatic rings. The predicted octanol–water partition coefficient (Wildman–Crippen LogP) is 3.74. The number of nitrogens with two attached hydrogens (primary N) is 1. The maximum Gasteiger partial charge on any atom is 0.0810 e. The minimum Gasteiger partial charge on any atom is -0.376 e. The number of nitrogens with one attached hydrogen (secondary N) is 1. The number of rotatable bonds is 7. The Balaban J connectivity index is 2.16. The Morgan fingerprint density at radius 3 is 2.33 bits per heavy atom. The summed E-state index contributed by atoms with van der Waals surface area (Å²) < 4.78 is 6.10. The molecule has 0 aromatic heterocycles. The van der Waals surface area contributed by atoms with Crippen LogP contribution in [0.4, 0.5) is 0 Å². The van der Waals surface area contributed by atoms with Crippen LogP contribution in [-0.2, 0) is 11.2 Å². The SMILES string of the molecule is CCOC(C1CCCCC1)C(NN)c1ccc(CC)cc1. The maximum absolute atomic E-state index is 6.10. The highest BCUT2D eigenvalue weighted by Crippen LogP contribution is 2.34. The lowest BCUT2D eigenvalue weighted by Crippen LogP contribution is -2.42. The zero-order chi connectivity index (χ0) is 15.1. The van der Waals surface area contributed by atoms with Gasteiger partial charge in [-0.3, -0.25) is 11.3 Å². The van der Waals surface area contributed by atoms with Gasteiger partial charge in [-0.1, -0.05) is 50.5 Å². The van der Waals surface area contributed by atoms with E-state index in [0.29, 0.717) is 5.92 Å². The normalized spacial score (nSPS) is 19.4. The van der Waals surface area contributed by atoms with Gasteiger partial charge in [0.1, 0.15) is 0 Å². The highest BCUT2D eigenvalue weighted by Gasteiger charge is 2.31. The van der Waals surface area contributed by atoms with Gasteiger partial charge < -0.3 is 4.74 Å². The molecule has 1 saturated carbocycles. The number of ether oxygens (including phenoxy) is 1. The molecule has 0 radical (unpaired) electrons. The minimum absolute atomic E-state index is 0.0824. The Kier molecular flexibility index (Phi) is 6.68. The second-order valence-electron chi connectivity index (χ2n) is 6.06. The molecule has 2 unspecified atom stereocenters. The van der Waals surface area contributed by atoms with E-state index in [1.807, 2.05) is 0 Å². The van der Waals surface area contributed by atoms with Gasteiger partial charge >= 0.3 is 0 Å². The van der Waals surface area contributed by atoms with Crippen LogP contribution in [0.25, 0.3) is 0 Å². The van der Waals surface area contributed by atoms with Gasteiger partial charge in [0.05, 0.1) is 12.1 Å². The topological polar surface area (TPSA) is 47.3 Å². The number of aryl methyl sites for hydroxylation is 1. The minimum atomic E-state index is 0.0824. The summed E-state index contributed by atoms with van der Waals surface area (Å²) in [6, 6.07) is 8.86. The van der Waals surface area contributed by atoms with E-state index >= 15 is 0 Å². The fourth-order valence-corrected chi connectivity index (χ4v) is 3.50. The lowest BCUT2D eigenvalue weighted by Gasteiger charge is -2.35. The van der Waals surface area contributed by atoms with Gasteiger partial charge in [-0.2, -0.15) is 0 Å². The maximum atomic E-state index is 6.10. The van der Waals surface area contributed by atoms with Crippen molar-refractivity contribution in [3.63, 3.8) is 0 Å². The summed E-state index contributed by atoms with van der Waals surface area (Å²) in [7, 11) is 0. The lowest BCUT2D eigenvalue weighted by atomic mass is 9.81. The van der Waals surface area contributed by atoms with Gasteiger partial charge in [-0.15, -0.1) is 0 Å². The molecule has 3 heteroatoms. The second-order valence-corrected chi connectivity index (χ2v) is 6.06. The van der Waals surface area contributed by atoms with Gasteiger partial charge in [-0.25, -0.2) is 0 Å². The quantitative estimate of drug-likeness (QED) is 0.594. The smallest absolute Gasteiger partial charge is 0.0810 e. The number of hydrogen-bond donors (Lipinski definition) is 2. The molecule has 3 nitrogen and oxygen atoms in total. The first-order valence-corrected chi connectivity index (χ1v) is 8.46. The van der Waals surface area contributed by atoms with Crippen LogP contribution in [0.3, 0.4) is 0 Å². The largest absolute Gasteiger partial charge is 0.376 e. The van der Waals surface area contributed by atoms with Crippen molar-refractivity contribution in [3.8, 4) is 0 Å². The Labute approximate surface area is 129 Å². The van der Waals surface area contributed by atoms with Crippen molar-refractivity contribution in [2.75, 3.05) is 6.61 Å². The second kappa shape index (κ2) is 8.52. The summed E-state index contributed by atoms with van der Waals surface area (Å²) in [6.45, 7) is 4.99. The molecule has 1 aromatic carbocycles. The van der Waals surface area contributed by atoms with Crippen LogP contribution in [0.2, 0.25) is 0 Å². The third-order valence-electron chi connectivity index (χ3n) is 4.73. The van der Waals surface area contributed by atoms with Crippen molar-refractivity contribution in [1.82, 2.24) is 5.43 Å². The van der Waals surface area contributed by atoms with Gasteiger partial charge in [0, 0.05) is 6.61 Å². The molecule has 0 spiro atoms. The Bertz CT molecular complexity index is 398. The van der Waals surface area contributed by atoms with E-state index in [2.05, 4.69) is 43.5 Å². The van der Waals surface area contributed by atoms with E-state index in [1.165, 1.54) is 43.2 Å². The molecule has 3 N–H and O–H groups in total. The number of hydrogen-bond acceptors (Lipinski definition) is 3. The summed E-state index contributed by atoms with van der Waals surface area (Å²) in [4.78, 5) is 0. The highest BCUT2D eigenvalue weighted by molar-refractivity contribution is 5.26. The van der Waals surface area contributed by atoms with Crippen LogP contribution < -0.4 is 11.3 Å². The van der Waals surface area contributed by atoms with Crippen molar-refractivity contribution < 1.29 is 4.74 Å². The molecule has 21 heavy (non-hydrogen) atoms. The lowest BCUT2D eigenvalue weighted by molar-refractivity contribution is -0.0184. The van der Waals surface area contributed by atoms with Gasteiger partial charge in [0.25, 0.3) is 0 Å². The van der Waals surface area contributed by atoms with Crippen LogP contribution in [0, 0.1) is 5.92 Å². The summed E-state index contributed by atoms with van der Waals surface area (Å²) >= 11 is 0. The summed E-state index contributed by atoms with van der Waals surface area (Å²) in [6.07, 6.45) is 7.76. The van der Waals surface area contributed by atoms with E-state index in [9.17, 15) is 0 Å². The third kappa shape index (κ3) is 4.29. The van der Waals surface area contributed by atoms with Crippen molar-refractivity contribution in [1.29, 1.82) is 0 Å². The van der Waals surface area contributed by atoms with Crippen LogP contribution in [0.15, 0.2) is 24.3 Å². The van der Waals surface area contributed by atoms with Crippen LogP contribution in [-0.4, -0.2) is 12.7 Å². The van der Waals surface area contributed by atoms with E-state index in [0.717, 1.165) is 13.0 Å². The van der Waals surface area contributed by atoms with Gasteiger partial charge in [0.2, 0.25) is 0 Å². The van der Waals surface area contributed by atoms with Gasteiger partial charge in [-0.05, 0) is 43.2 Å². The highest BCUT2D eigenvalue weighted by atomic mass is 16.5.